The van der Waals surface area contributed by atoms with Crippen molar-refractivity contribution in [3.8, 4) is 0 Å². The molecule has 0 unspecified atom stereocenters. The average molecular weight is 233 g/mol. The Bertz CT molecular complexity index is 523. The summed E-state index contributed by atoms with van der Waals surface area (Å²) in [4.78, 5) is 14.7. The Labute approximate surface area is 97.6 Å². The van der Waals surface area contributed by atoms with Crippen LogP contribution >= 0.6 is 0 Å². The number of amides is 1. The summed E-state index contributed by atoms with van der Waals surface area (Å²) >= 11 is 0. The maximum atomic E-state index is 13.1. The Kier molecular flexibility index (Phi) is 3.09. The quantitative estimate of drug-likeness (QED) is 0.705. The Morgan fingerprint density at radius 3 is 2.88 bits per heavy atom. The van der Waals surface area contributed by atoms with Gasteiger partial charge in [0.05, 0.1) is 17.8 Å². The summed E-state index contributed by atoms with van der Waals surface area (Å²) in [7, 11) is 0. The predicted molar refractivity (Wildman–Crippen MR) is 62.8 cm³/mol. The molecular weight excluding hydrogens is 221 g/mol. The molecule has 2 aromatic rings. The number of benzene rings is 1. The molecule has 1 amide bonds. The van der Waals surface area contributed by atoms with Gasteiger partial charge in [-0.25, -0.2) is 4.39 Å². The zero-order valence-corrected chi connectivity index (χ0v) is 9.03. The van der Waals surface area contributed by atoms with Crippen LogP contribution < -0.4 is 11.1 Å². The third kappa shape index (κ3) is 2.44. The van der Waals surface area contributed by atoms with Crippen molar-refractivity contribution in [2.75, 3.05) is 5.73 Å². The standard InChI is InChI=1S/C12H12FN3O/c13-10-5-1-4-9(11(10)14)12(17)16-7-8-3-2-6-15-8/h1-6,15H,7,14H2,(H,16,17). The molecule has 88 valence electrons. The van der Waals surface area contributed by atoms with Crippen molar-refractivity contribution in [1.82, 2.24) is 10.3 Å². The fourth-order valence-corrected chi connectivity index (χ4v) is 1.48. The molecule has 0 aliphatic rings. The van der Waals surface area contributed by atoms with Crippen LogP contribution in [0.5, 0.6) is 0 Å². The molecule has 0 spiro atoms. The predicted octanol–water partition coefficient (Wildman–Crippen LogP) is 1.67. The molecule has 1 heterocycles. The van der Waals surface area contributed by atoms with Crippen LogP contribution in [0, 0.1) is 5.82 Å². The number of aromatic amines is 1. The second-order valence-electron chi connectivity index (χ2n) is 3.58. The second-order valence-corrected chi connectivity index (χ2v) is 3.58. The number of anilines is 1. The summed E-state index contributed by atoms with van der Waals surface area (Å²) < 4.78 is 13.1. The molecule has 4 nitrogen and oxygen atoms in total. The summed E-state index contributed by atoms with van der Waals surface area (Å²) in [5.41, 5.74) is 6.38. The number of rotatable bonds is 3. The average Bonchev–Trinajstić information content (AvgIpc) is 2.82. The first-order valence-corrected chi connectivity index (χ1v) is 5.13. The molecule has 0 aliphatic heterocycles. The van der Waals surface area contributed by atoms with Gasteiger partial charge >= 0.3 is 0 Å². The fourth-order valence-electron chi connectivity index (χ4n) is 1.48. The van der Waals surface area contributed by atoms with Crippen LogP contribution in [0.25, 0.3) is 0 Å². The molecule has 1 aromatic heterocycles. The largest absolute Gasteiger partial charge is 0.396 e. The number of nitrogens with two attached hydrogens (primary N) is 1. The van der Waals surface area contributed by atoms with Gasteiger partial charge in [0.1, 0.15) is 5.82 Å². The van der Waals surface area contributed by atoms with Gasteiger partial charge in [0.15, 0.2) is 0 Å². The summed E-state index contributed by atoms with van der Waals surface area (Å²) in [6.07, 6.45) is 1.76. The molecule has 4 N–H and O–H groups in total. The van der Waals surface area contributed by atoms with Gasteiger partial charge in [-0.2, -0.15) is 0 Å². The third-order valence-electron chi connectivity index (χ3n) is 2.40. The van der Waals surface area contributed by atoms with Gasteiger partial charge < -0.3 is 16.0 Å². The Hall–Kier alpha value is -2.30. The number of aromatic nitrogens is 1. The third-order valence-corrected chi connectivity index (χ3v) is 2.40. The van der Waals surface area contributed by atoms with Crippen molar-refractivity contribution in [1.29, 1.82) is 0 Å². The normalized spacial score (nSPS) is 10.2. The lowest BCUT2D eigenvalue weighted by Crippen LogP contribution is -2.24. The number of hydrogen-bond acceptors (Lipinski definition) is 2. The van der Waals surface area contributed by atoms with E-state index < -0.39 is 11.7 Å². The van der Waals surface area contributed by atoms with Crippen molar-refractivity contribution >= 4 is 11.6 Å². The summed E-state index contributed by atoms with van der Waals surface area (Å²) in [6, 6.07) is 7.84. The number of carbonyl (C=O) groups is 1. The van der Waals surface area contributed by atoms with Gasteiger partial charge in [-0.3, -0.25) is 4.79 Å². The monoisotopic (exact) mass is 233 g/mol. The summed E-state index contributed by atoms with van der Waals surface area (Å²) in [5.74, 6) is -0.978. The van der Waals surface area contributed by atoms with E-state index in [0.717, 1.165) is 5.69 Å². The van der Waals surface area contributed by atoms with Crippen molar-refractivity contribution in [3.05, 3.63) is 53.6 Å². The fraction of sp³-hybridized carbons (Fsp3) is 0.0833. The number of nitrogen functional groups attached to an aromatic ring is 1. The van der Waals surface area contributed by atoms with E-state index in [-0.39, 0.29) is 11.3 Å². The van der Waals surface area contributed by atoms with Crippen LogP contribution in [0.3, 0.4) is 0 Å². The minimum absolute atomic E-state index is 0.128. The highest BCUT2D eigenvalue weighted by molar-refractivity contribution is 5.99. The van der Waals surface area contributed by atoms with Crippen molar-refractivity contribution in [2.45, 2.75) is 6.54 Å². The molecule has 0 saturated heterocycles. The first-order chi connectivity index (χ1) is 8.18. The molecule has 0 aliphatic carbocycles. The van der Waals surface area contributed by atoms with E-state index in [2.05, 4.69) is 10.3 Å². The van der Waals surface area contributed by atoms with E-state index in [1.807, 2.05) is 12.1 Å². The highest BCUT2D eigenvalue weighted by atomic mass is 19.1. The number of hydrogen-bond donors (Lipinski definition) is 3. The van der Waals surface area contributed by atoms with E-state index in [1.54, 1.807) is 6.20 Å². The first-order valence-electron chi connectivity index (χ1n) is 5.13. The van der Waals surface area contributed by atoms with Crippen LogP contribution in [0.1, 0.15) is 16.1 Å². The van der Waals surface area contributed by atoms with Gasteiger partial charge in [0, 0.05) is 11.9 Å². The van der Waals surface area contributed by atoms with Gasteiger partial charge in [-0.15, -0.1) is 0 Å². The van der Waals surface area contributed by atoms with Crippen molar-refractivity contribution in [2.24, 2.45) is 0 Å². The highest BCUT2D eigenvalue weighted by Gasteiger charge is 2.11. The molecule has 17 heavy (non-hydrogen) atoms. The maximum absolute atomic E-state index is 13.1. The topological polar surface area (TPSA) is 70.9 Å². The lowest BCUT2D eigenvalue weighted by molar-refractivity contribution is 0.0951. The molecule has 2 rings (SSSR count). The second kappa shape index (κ2) is 4.69. The van der Waals surface area contributed by atoms with Crippen molar-refractivity contribution in [3.63, 3.8) is 0 Å². The number of para-hydroxylation sites is 1. The van der Waals surface area contributed by atoms with E-state index in [4.69, 9.17) is 5.73 Å². The van der Waals surface area contributed by atoms with E-state index >= 15 is 0 Å². The van der Waals surface area contributed by atoms with Crippen LogP contribution in [0.2, 0.25) is 0 Å². The van der Waals surface area contributed by atoms with Gasteiger partial charge in [0.25, 0.3) is 5.91 Å². The Morgan fingerprint density at radius 1 is 1.35 bits per heavy atom. The van der Waals surface area contributed by atoms with E-state index in [1.165, 1.54) is 18.2 Å². The molecule has 0 saturated carbocycles. The van der Waals surface area contributed by atoms with Crippen molar-refractivity contribution < 1.29 is 9.18 Å². The zero-order chi connectivity index (χ0) is 12.3. The molecule has 5 heteroatoms. The Morgan fingerprint density at radius 2 is 2.18 bits per heavy atom. The molecule has 0 radical (unpaired) electrons. The van der Waals surface area contributed by atoms with Crippen LogP contribution in [-0.2, 0) is 6.54 Å². The van der Waals surface area contributed by atoms with Gasteiger partial charge in [-0.1, -0.05) is 6.07 Å². The SMILES string of the molecule is Nc1c(F)cccc1C(=O)NCc1ccc[nH]1. The van der Waals surface area contributed by atoms with Crippen LogP contribution in [0.4, 0.5) is 10.1 Å². The molecule has 0 atom stereocenters. The lowest BCUT2D eigenvalue weighted by Gasteiger charge is -2.07. The van der Waals surface area contributed by atoms with Gasteiger partial charge in [0.2, 0.25) is 0 Å². The number of H-pyrrole nitrogens is 1. The molecular formula is C12H12FN3O. The number of nitrogens with one attached hydrogen (secondary N) is 2. The van der Waals surface area contributed by atoms with Crippen LogP contribution in [-0.4, -0.2) is 10.9 Å². The number of carbonyl (C=O) groups excluding carboxylic acids is 1. The Balaban J connectivity index is 2.07. The summed E-state index contributed by atoms with van der Waals surface area (Å²) in [5, 5.41) is 2.65. The van der Waals surface area contributed by atoms with E-state index in [9.17, 15) is 9.18 Å². The van der Waals surface area contributed by atoms with Gasteiger partial charge in [-0.05, 0) is 24.3 Å². The minimum Gasteiger partial charge on any atom is -0.396 e. The minimum atomic E-state index is -0.586. The summed E-state index contributed by atoms with van der Waals surface area (Å²) in [6.45, 7) is 0.349. The zero-order valence-electron chi connectivity index (χ0n) is 9.03. The smallest absolute Gasteiger partial charge is 0.253 e. The highest BCUT2D eigenvalue weighted by Crippen LogP contribution is 2.15. The lowest BCUT2D eigenvalue weighted by atomic mass is 10.1. The number of halogens is 1. The van der Waals surface area contributed by atoms with Crippen LogP contribution in [0.15, 0.2) is 36.5 Å². The maximum Gasteiger partial charge on any atom is 0.253 e. The molecule has 1 aromatic carbocycles. The molecule has 0 fully saturated rings. The van der Waals surface area contributed by atoms with E-state index in [0.29, 0.717) is 6.54 Å². The molecule has 0 bridgehead atoms. The first kappa shape index (κ1) is 11.2.